The van der Waals surface area contributed by atoms with Crippen LogP contribution in [-0.4, -0.2) is 29.2 Å². The highest BCUT2D eigenvalue weighted by Crippen LogP contribution is 2.40. The Bertz CT molecular complexity index is 410. The molecule has 1 atom stereocenters. The van der Waals surface area contributed by atoms with Gasteiger partial charge in [-0.3, -0.25) is 0 Å². The molecule has 3 N–H and O–H groups in total. The highest BCUT2D eigenvalue weighted by atomic mass is 79.9. The third kappa shape index (κ3) is 2.69. The van der Waals surface area contributed by atoms with Crippen molar-refractivity contribution in [3.63, 3.8) is 0 Å². The molecule has 2 rings (SSSR count). The van der Waals surface area contributed by atoms with Gasteiger partial charge < -0.3 is 15.8 Å². The first-order chi connectivity index (χ1) is 8.09. The van der Waals surface area contributed by atoms with E-state index in [1.165, 1.54) is 12.8 Å². The van der Waals surface area contributed by atoms with Crippen molar-refractivity contribution in [2.24, 2.45) is 11.7 Å². The Morgan fingerprint density at radius 2 is 2.35 bits per heavy atom. The van der Waals surface area contributed by atoms with Gasteiger partial charge in [0.05, 0.1) is 23.3 Å². The van der Waals surface area contributed by atoms with Crippen molar-refractivity contribution < 1.29 is 4.74 Å². The molecule has 17 heavy (non-hydrogen) atoms. The lowest BCUT2D eigenvalue weighted by molar-refractivity contribution is 0.392. The summed E-state index contributed by atoms with van der Waals surface area (Å²) >= 11 is 3.33. The minimum Gasteiger partial charge on any atom is -0.480 e. The fraction of sp³-hybridized carbons (Fsp3) is 0.636. The minimum atomic E-state index is -0.126. The van der Waals surface area contributed by atoms with Gasteiger partial charge in [-0.1, -0.05) is 0 Å². The Balaban J connectivity index is 2.17. The molecule has 0 aromatic carbocycles. The second kappa shape index (κ2) is 4.78. The zero-order valence-corrected chi connectivity index (χ0v) is 11.6. The SMILES string of the molecule is COc1nc(NC(C)(CN)C2CC2)ncc1Br. The van der Waals surface area contributed by atoms with Crippen molar-refractivity contribution in [1.82, 2.24) is 9.97 Å². The molecule has 0 amide bonds. The molecular weight excluding hydrogens is 284 g/mol. The Hall–Kier alpha value is -0.880. The van der Waals surface area contributed by atoms with E-state index in [0.717, 1.165) is 4.47 Å². The third-order valence-corrected chi connectivity index (χ3v) is 3.75. The summed E-state index contributed by atoms with van der Waals surface area (Å²) in [6.07, 6.45) is 4.11. The van der Waals surface area contributed by atoms with E-state index in [1.807, 2.05) is 0 Å². The molecule has 1 aromatic rings. The number of halogens is 1. The molecule has 1 unspecified atom stereocenters. The van der Waals surface area contributed by atoms with Crippen LogP contribution in [0.4, 0.5) is 5.95 Å². The van der Waals surface area contributed by atoms with Crippen LogP contribution < -0.4 is 15.8 Å². The van der Waals surface area contributed by atoms with E-state index in [9.17, 15) is 0 Å². The molecule has 1 heterocycles. The van der Waals surface area contributed by atoms with Crippen LogP contribution in [-0.2, 0) is 0 Å². The third-order valence-electron chi connectivity index (χ3n) is 3.21. The molecule has 5 nitrogen and oxygen atoms in total. The van der Waals surface area contributed by atoms with E-state index < -0.39 is 0 Å². The maximum Gasteiger partial charge on any atom is 0.232 e. The van der Waals surface area contributed by atoms with E-state index >= 15 is 0 Å². The zero-order chi connectivity index (χ0) is 12.5. The summed E-state index contributed by atoms with van der Waals surface area (Å²) in [7, 11) is 1.58. The zero-order valence-electron chi connectivity index (χ0n) is 10.0. The lowest BCUT2D eigenvalue weighted by Gasteiger charge is -2.29. The molecule has 1 fully saturated rings. The number of nitrogens with one attached hydrogen (secondary N) is 1. The first kappa shape index (κ1) is 12.6. The quantitative estimate of drug-likeness (QED) is 0.867. The molecule has 1 aromatic heterocycles. The number of nitrogens with zero attached hydrogens (tertiary/aromatic N) is 2. The van der Waals surface area contributed by atoms with Crippen molar-refractivity contribution in [3.8, 4) is 5.88 Å². The summed E-state index contributed by atoms with van der Waals surface area (Å²) < 4.78 is 5.88. The largest absolute Gasteiger partial charge is 0.480 e. The number of aromatic nitrogens is 2. The van der Waals surface area contributed by atoms with Gasteiger partial charge in [-0.25, -0.2) is 4.98 Å². The van der Waals surface area contributed by atoms with E-state index in [0.29, 0.717) is 24.3 Å². The number of ether oxygens (including phenoxy) is 1. The van der Waals surface area contributed by atoms with E-state index in [-0.39, 0.29) is 5.54 Å². The predicted octanol–water partition coefficient (Wildman–Crippen LogP) is 1.79. The summed E-state index contributed by atoms with van der Waals surface area (Å²) in [4.78, 5) is 8.51. The van der Waals surface area contributed by atoms with Crippen molar-refractivity contribution in [2.45, 2.75) is 25.3 Å². The van der Waals surface area contributed by atoms with Gasteiger partial charge in [0.15, 0.2) is 0 Å². The second-order valence-corrected chi connectivity index (χ2v) is 5.43. The van der Waals surface area contributed by atoms with Gasteiger partial charge in [-0.2, -0.15) is 4.98 Å². The number of hydrogen-bond acceptors (Lipinski definition) is 5. The van der Waals surface area contributed by atoms with Gasteiger partial charge in [-0.05, 0) is 41.6 Å². The van der Waals surface area contributed by atoms with E-state index in [2.05, 4.69) is 38.1 Å². The topological polar surface area (TPSA) is 73.1 Å². The molecule has 1 saturated carbocycles. The Morgan fingerprint density at radius 3 is 2.88 bits per heavy atom. The van der Waals surface area contributed by atoms with Crippen LogP contribution in [0.15, 0.2) is 10.7 Å². The first-order valence-corrected chi connectivity index (χ1v) is 6.43. The minimum absolute atomic E-state index is 0.126. The summed E-state index contributed by atoms with van der Waals surface area (Å²) in [6, 6.07) is 0. The molecule has 0 bridgehead atoms. The van der Waals surface area contributed by atoms with Crippen LogP contribution in [0.2, 0.25) is 0 Å². The standard InChI is InChI=1S/C11H17BrN4O/c1-11(6-13,7-3-4-7)16-10-14-5-8(12)9(15-10)17-2/h5,7H,3-4,6,13H2,1-2H3,(H,14,15,16). The van der Waals surface area contributed by atoms with Crippen molar-refractivity contribution >= 4 is 21.9 Å². The summed E-state index contributed by atoms with van der Waals surface area (Å²) in [5.41, 5.74) is 5.71. The maximum atomic E-state index is 5.84. The number of hydrogen-bond donors (Lipinski definition) is 2. The van der Waals surface area contributed by atoms with Crippen molar-refractivity contribution in [1.29, 1.82) is 0 Å². The van der Waals surface area contributed by atoms with Crippen LogP contribution in [0.5, 0.6) is 5.88 Å². The molecule has 0 aliphatic heterocycles. The van der Waals surface area contributed by atoms with Crippen LogP contribution in [0, 0.1) is 5.92 Å². The Labute approximate surface area is 109 Å². The van der Waals surface area contributed by atoms with Crippen molar-refractivity contribution in [2.75, 3.05) is 19.0 Å². The molecule has 94 valence electrons. The molecule has 6 heteroatoms. The van der Waals surface area contributed by atoms with Crippen LogP contribution in [0.25, 0.3) is 0 Å². The fourth-order valence-corrected chi connectivity index (χ4v) is 2.20. The number of nitrogens with two attached hydrogens (primary N) is 1. The average molecular weight is 301 g/mol. The van der Waals surface area contributed by atoms with E-state index in [1.54, 1.807) is 13.3 Å². The highest BCUT2D eigenvalue weighted by Gasteiger charge is 2.41. The molecule has 0 saturated heterocycles. The number of rotatable bonds is 5. The number of anilines is 1. The van der Waals surface area contributed by atoms with Gasteiger partial charge in [-0.15, -0.1) is 0 Å². The molecule has 0 spiro atoms. The fourth-order valence-electron chi connectivity index (χ4n) is 1.85. The van der Waals surface area contributed by atoms with E-state index in [4.69, 9.17) is 10.5 Å². The van der Waals surface area contributed by atoms with Gasteiger partial charge in [0.1, 0.15) is 0 Å². The van der Waals surface area contributed by atoms with Crippen LogP contribution >= 0.6 is 15.9 Å². The van der Waals surface area contributed by atoms with Gasteiger partial charge in [0.2, 0.25) is 11.8 Å². The first-order valence-electron chi connectivity index (χ1n) is 5.64. The van der Waals surface area contributed by atoms with Gasteiger partial charge >= 0.3 is 0 Å². The van der Waals surface area contributed by atoms with Gasteiger partial charge in [0.25, 0.3) is 0 Å². The number of methoxy groups -OCH3 is 1. The van der Waals surface area contributed by atoms with Gasteiger partial charge in [0, 0.05) is 6.54 Å². The smallest absolute Gasteiger partial charge is 0.232 e. The Morgan fingerprint density at radius 1 is 1.65 bits per heavy atom. The second-order valence-electron chi connectivity index (χ2n) is 4.57. The Kier molecular flexibility index (Phi) is 3.53. The lowest BCUT2D eigenvalue weighted by atomic mass is 9.96. The lowest BCUT2D eigenvalue weighted by Crippen LogP contribution is -2.45. The summed E-state index contributed by atoms with van der Waals surface area (Å²) in [5.74, 6) is 1.70. The molecule has 0 radical (unpaired) electrons. The normalized spacial score (nSPS) is 18.6. The predicted molar refractivity (Wildman–Crippen MR) is 70.1 cm³/mol. The monoisotopic (exact) mass is 300 g/mol. The summed E-state index contributed by atoms with van der Waals surface area (Å²) in [6.45, 7) is 2.68. The molecular formula is C11H17BrN4O. The molecule has 1 aliphatic rings. The average Bonchev–Trinajstić information content (AvgIpc) is 3.16. The van der Waals surface area contributed by atoms with Crippen LogP contribution in [0.3, 0.4) is 0 Å². The molecule has 1 aliphatic carbocycles. The highest BCUT2D eigenvalue weighted by molar-refractivity contribution is 9.10. The maximum absolute atomic E-state index is 5.84. The van der Waals surface area contributed by atoms with Crippen molar-refractivity contribution in [3.05, 3.63) is 10.7 Å². The summed E-state index contributed by atoms with van der Waals surface area (Å²) in [5, 5.41) is 3.32. The van der Waals surface area contributed by atoms with Crippen LogP contribution in [0.1, 0.15) is 19.8 Å².